The van der Waals surface area contributed by atoms with Crippen molar-refractivity contribution in [2.24, 2.45) is 0 Å². The molecule has 2 aromatic rings. The van der Waals surface area contributed by atoms with Gasteiger partial charge in [-0.25, -0.2) is 0 Å². The highest BCUT2D eigenvalue weighted by molar-refractivity contribution is 5.29. The van der Waals surface area contributed by atoms with Crippen molar-refractivity contribution < 1.29 is 14.3 Å². The molecule has 1 aliphatic heterocycles. The normalized spacial score (nSPS) is 16.6. The number of ether oxygens (including phenoxy) is 1. The molecule has 4 nitrogen and oxygen atoms in total. The summed E-state index contributed by atoms with van der Waals surface area (Å²) in [4.78, 5) is 2.28. The van der Waals surface area contributed by atoms with E-state index in [1.165, 1.54) is 11.1 Å². The predicted octanol–water partition coefficient (Wildman–Crippen LogP) is 2.22. The van der Waals surface area contributed by atoms with E-state index in [4.69, 9.17) is 9.15 Å². The quantitative estimate of drug-likeness (QED) is 0.885. The Balaban J connectivity index is 1.42. The number of nitrogens with zero attached hydrogens (tertiary/aromatic N) is 1. The van der Waals surface area contributed by atoms with E-state index in [1.54, 1.807) is 6.26 Å². The van der Waals surface area contributed by atoms with Crippen molar-refractivity contribution in [2.45, 2.75) is 25.7 Å². The lowest BCUT2D eigenvalue weighted by Gasteiger charge is -2.30. The lowest BCUT2D eigenvalue weighted by molar-refractivity contribution is 0.00311. The van der Waals surface area contributed by atoms with Crippen LogP contribution in [0.2, 0.25) is 0 Å². The summed E-state index contributed by atoms with van der Waals surface area (Å²) in [6.45, 7) is 3.29. The monoisotopic (exact) mass is 287 g/mol. The Labute approximate surface area is 124 Å². The maximum Gasteiger partial charge on any atom is 0.129 e. The molecule has 1 N–H and O–H groups in total. The highest BCUT2D eigenvalue weighted by Gasteiger charge is 2.18. The SMILES string of the molecule is O[C@@H](COCc1ccco1)CN1CCc2ccccc2C1. The Morgan fingerprint density at radius 2 is 2.05 bits per heavy atom. The van der Waals surface area contributed by atoms with Gasteiger partial charge < -0.3 is 14.3 Å². The van der Waals surface area contributed by atoms with Crippen LogP contribution in [0.25, 0.3) is 0 Å². The van der Waals surface area contributed by atoms with Crippen molar-refractivity contribution in [2.75, 3.05) is 19.7 Å². The molecule has 0 aliphatic carbocycles. The number of aliphatic hydroxyl groups is 1. The molecule has 2 heterocycles. The summed E-state index contributed by atoms with van der Waals surface area (Å²) in [5.41, 5.74) is 2.80. The Bertz CT molecular complexity index is 553. The molecule has 1 aliphatic rings. The van der Waals surface area contributed by atoms with Gasteiger partial charge in [0.15, 0.2) is 0 Å². The van der Waals surface area contributed by atoms with E-state index < -0.39 is 6.10 Å². The topological polar surface area (TPSA) is 45.8 Å². The van der Waals surface area contributed by atoms with Gasteiger partial charge in [-0.3, -0.25) is 4.90 Å². The van der Waals surface area contributed by atoms with Crippen LogP contribution in [0.1, 0.15) is 16.9 Å². The fourth-order valence-corrected chi connectivity index (χ4v) is 2.75. The molecule has 3 rings (SSSR count). The predicted molar refractivity (Wildman–Crippen MR) is 79.8 cm³/mol. The number of β-amino-alcohol motifs (C(OH)–C–C–N with tert-alkyl or cyclic N) is 1. The molecular formula is C17H21NO3. The van der Waals surface area contributed by atoms with Crippen molar-refractivity contribution >= 4 is 0 Å². The van der Waals surface area contributed by atoms with E-state index >= 15 is 0 Å². The fraction of sp³-hybridized carbons (Fsp3) is 0.412. The van der Waals surface area contributed by atoms with Gasteiger partial charge in [-0.1, -0.05) is 24.3 Å². The molecule has 0 saturated carbocycles. The van der Waals surface area contributed by atoms with Crippen molar-refractivity contribution in [3.8, 4) is 0 Å². The molecule has 0 spiro atoms. The average Bonchev–Trinajstić information content (AvgIpc) is 3.00. The minimum atomic E-state index is -0.467. The minimum Gasteiger partial charge on any atom is -0.467 e. The maximum absolute atomic E-state index is 10.1. The van der Waals surface area contributed by atoms with Gasteiger partial charge in [0.25, 0.3) is 0 Å². The molecule has 1 aromatic carbocycles. The third kappa shape index (κ3) is 3.94. The van der Waals surface area contributed by atoms with Crippen molar-refractivity contribution in [1.82, 2.24) is 4.90 Å². The summed E-state index contributed by atoms with van der Waals surface area (Å²) in [5, 5.41) is 10.1. The number of aliphatic hydroxyl groups excluding tert-OH is 1. The van der Waals surface area contributed by atoms with Crippen LogP contribution in [0.15, 0.2) is 47.1 Å². The van der Waals surface area contributed by atoms with Crippen molar-refractivity contribution in [3.63, 3.8) is 0 Å². The molecule has 112 valence electrons. The van der Waals surface area contributed by atoms with Crippen LogP contribution in [-0.4, -0.2) is 35.8 Å². The van der Waals surface area contributed by atoms with Gasteiger partial charge in [0.2, 0.25) is 0 Å². The first kappa shape index (κ1) is 14.3. The second-order valence-corrected chi connectivity index (χ2v) is 5.50. The smallest absolute Gasteiger partial charge is 0.129 e. The number of hydrogen-bond acceptors (Lipinski definition) is 4. The van der Waals surface area contributed by atoms with E-state index in [1.807, 2.05) is 12.1 Å². The van der Waals surface area contributed by atoms with E-state index in [-0.39, 0.29) is 0 Å². The number of fused-ring (bicyclic) bond motifs is 1. The van der Waals surface area contributed by atoms with Crippen LogP contribution in [-0.2, 0) is 24.3 Å². The van der Waals surface area contributed by atoms with Crippen LogP contribution < -0.4 is 0 Å². The first-order valence-corrected chi connectivity index (χ1v) is 7.38. The lowest BCUT2D eigenvalue weighted by atomic mass is 10.00. The number of benzene rings is 1. The minimum absolute atomic E-state index is 0.332. The zero-order chi connectivity index (χ0) is 14.5. The molecule has 4 heteroatoms. The average molecular weight is 287 g/mol. The maximum atomic E-state index is 10.1. The first-order valence-electron chi connectivity index (χ1n) is 7.38. The lowest BCUT2D eigenvalue weighted by Crippen LogP contribution is -2.38. The van der Waals surface area contributed by atoms with E-state index in [2.05, 4.69) is 29.2 Å². The summed E-state index contributed by atoms with van der Waals surface area (Å²) in [6, 6.07) is 12.2. The summed E-state index contributed by atoms with van der Waals surface area (Å²) < 4.78 is 10.7. The van der Waals surface area contributed by atoms with Gasteiger partial charge in [0.05, 0.1) is 19.0 Å². The Kier molecular flexibility index (Phi) is 4.70. The van der Waals surface area contributed by atoms with Crippen molar-refractivity contribution in [3.05, 3.63) is 59.5 Å². The molecule has 21 heavy (non-hydrogen) atoms. The molecule has 0 saturated heterocycles. The van der Waals surface area contributed by atoms with Crippen molar-refractivity contribution in [1.29, 1.82) is 0 Å². The van der Waals surface area contributed by atoms with E-state index in [9.17, 15) is 5.11 Å². The van der Waals surface area contributed by atoms with Crippen LogP contribution >= 0.6 is 0 Å². The molecule has 1 aromatic heterocycles. The van der Waals surface area contributed by atoms with Gasteiger partial charge in [0.1, 0.15) is 12.4 Å². The fourth-order valence-electron chi connectivity index (χ4n) is 2.75. The first-order chi connectivity index (χ1) is 10.3. The third-order valence-corrected chi connectivity index (χ3v) is 3.81. The molecule has 0 bridgehead atoms. The number of hydrogen-bond donors (Lipinski definition) is 1. The van der Waals surface area contributed by atoms with E-state index in [0.717, 1.165) is 25.3 Å². The number of furan rings is 1. The van der Waals surface area contributed by atoms with Crippen LogP contribution in [0.5, 0.6) is 0 Å². The van der Waals surface area contributed by atoms with Crippen LogP contribution in [0.4, 0.5) is 0 Å². The zero-order valence-electron chi connectivity index (χ0n) is 12.1. The van der Waals surface area contributed by atoms with Crippen LogP contribution in [0, 0.1) is 0 Å². The van der Waals surface area contributed by atoms with Gasteiger partial charge in [-0.05, 0) is 29.7 Å². The summed E-state index contributed by atoms with van der Waals surface area (Å²) in [7, 11) is 0. The number of rotatable bonds is 6. The summed E-state index contributed by atoms with van der Waals surface area (Å²) in [5.74, 6) is 0.786. The molecular weight excluding hydrogens is 266 g/mol. The molecule has 1 atom stereocenters. The Morgan fingerprint density at radius 3 is 2.86 bits per heavy atom. The molecule has 0 amide bonds. The largest absolute Gasteiger partial charge is 0.467 e. The van der Waals surface area contributed by atoms with Crippen LogP contribution in [0.3, 0.4) is 0 Å². The molecule has 0 fully saturated rings. The summed E-state index contributed by atoms with van der Waals surface area (Å²) >= 11 is 0. The second-order valence-electron chi connectivity index (χ2n) is 5.50. The third-order valence-electron chi connectivity index (χ3n) is 3.81. The molecule has 0 unspecified atom stereocenters. The zero-order valence-corrected chi connectivity index (χ0v) is 12.1. The van der Waals surface area contributed by atoms with E-state index in [0.29, 0.717) is 19.8 Å². The standard InChI is InChI=1S/C17H21NO3/c19-16(12-20-13-17-6-3-9-21-17)11-18-8-7-14-4-1-2-5-15(14)10-18/h1-6,9,16,19H,7-8,10-13H2/t16-/m1/s1. The van der Waals surface area contributed by atoms with Gasteiger partial charge >= 0.3 is 0 Å². The molecule has 0 radical (unpaired) electrons. The van der Waals surface area contributed by atoms with Gasteiger partial charge in [-0.2, -0.15) is 0 Å². The van der Waals surface area contributed by atoms with Gasteiger partial charge in [0, 0.05) is 19.6 Å². The second kappa shape index (κ2) is 6.89. The Morgan fingerprint density at radius 1 is 1.19 bits per heavy atom. The highest BCUT2D eigenvalue weighted by atomic mass is 16.5. The van der Waals surface area contributed by atoms with Gasteiger partial charge in [-0.15, -0.1) is 0 Å². The highest BCUT2D eigenvalue weighted by Crippen LogP contribution is 2.18. The summed E-state index contributed by atoms with van der Waals surface area (Å²) in [6.07, 6.45) is 2.21. The Hall–Kier alpha value is -1.62.